The molecule has 17 heavy (non-hydrogen) atoms. The first-order valence-corrected chi connectivity index (χ1v) is 6.51. The van der Waals surface area contributed by atoms with Crippen LogP contribution in [0.15, 0.2) is 18.2 Å². The lowest BCUT2D eigenvalue weighted by atomic mass is 9.78. The van der Waals surface area contributed by atoms with Crippen LogP contribution in [-0.2, 0) is 10.8 Å². The molecule has 1 aromatic carbocycles. The SMILES string of the molecule is [CH2]C(C)c1cc(C(C)(C)C)cc(C(C)(C)C)c1. The van der Waals surface area contributed by atoms with E-state index in [1.807, 2.05) is 0 Å². The van der Waals surface area contributed by atoms with Crippen LogP contribution in [0.5, 0.6) is 0 Å². The third-order valence-electron chi connectivity index (χ3n) is 3.26. The molecule has 0 heteroatoms. The molecule has 0 spiro atoms. The first-order valence-electron chi connectivity index (χ1n) is 6.51. The quantitative estimate of drug-likeness (QED) is 0.621. The second-order valence-electron chi connectivity index (χ2n) is 7.24. The lowest BCUT2D eigenvalue weighted by molar-refractivity contribution is 0.566. The molecule has 1 rings (SSSR count). The van der Waals surface area contributed by atoms with Crippen molar-refractivity contribution >= 4 is 0 Å². The molecule has 0 heterocycles. The molecular formula is C17H27. The van der Waals surface area contributed by atoms with Crippen LogP contribution < -0.4 is 0 Å². The average Bonchev–Trinajstić information content (AvgIpc) is 2.14. The molecule has 0 nitrogen and oxygen atoms in total. The molecule has 0 aliphatic carbocycles. The zero-order chi connectivity index (χ0) is 13.4. The average molecular weight is 231 g/mol. The number of hydrogen-bond donors (Lipinski definition) is 0. The van der Waals surface area contributed by atoms with Gasteiger partial charge in [0.2, 0.25) is 0 Å². The maximum atomic E-state index is 4.16. The van der Waals surface area contributed by atoms with Gasteiger partial charge in [-0.3, -0.25) is 0 Å². The van der Waals surface area contributed by atoms with E-state index in [0.717, 1.165) is 0 Å². The van der Waals surface area contributed by atoms with Crippen LogP contribution in [0.1, 0.15) is 71.1 Å². The van der Waals surface area contributed by atoms with Crippen molar-refractivity contribution in [1.82, 2.24) is 0 Å². The van der Waals surface area contributed by atoms with E-state index in [0.29, 0.717) is 5.92 Å². The Hall–Kier alpha value is -0.780. The monoisotopic (exact) mass is 231 g/mol. The second-order valence-corrected chi connectivity index (χ2v) is 7.24. The molecular weight excluding hydrogens is 204 g/mol. The Labute approximate surface area is 107 Å². The minimum absolute atomic E-state index is 0.199. The fraction of sp³-hybridized carbons (Fsp3) is 0.588. The van der Waals surface area contributed by atoms with Gasteiger partial charge in [-0.15, -0.1) is 0 Å². The van der Waals surface area contributed by atoms with Crippen LogP contribution in [-0.4, -0.2) is 0 Å². The Morgan fingerprint density at radius 3 is 1.41 bits per heavy atom. The fourth-order valence-corrected chi connectivity index (χ4v) is 1.80. The smallest absolute Gasteiger partial charge is 0.0132 e. The van der Waals surface area contributed by atoms with E-state index in [4.69, 9.17) is 0 Å². The van der Waals surface area contributed by atoms with E-state index in [1.165, 1.54) is 16.7 Å². The van der Waals surface area contributed by atoms with Gasteiger partial charge in [-0.1, -0.05) is 66.7 Å². The summed E-state index contributed by atoms with van der Waals surface area (Å²) >= 11 is 0. The minimum Gasteiger partial charge on any atom is -0.0584 e. The number of benzene rings is 1. The normalized spacial score (nSPS) is 13.2. The van der Waals surface area contributed by atoms with Gasteiger partial charge in [0.15, 0.2) is 0 Å². The van der Waals surface area contributed by atoms with Gasteiger partial charge in [-0.05, 0) is 40.4 Å². The van der Waals surface area contributed by atoms with Gasteiger partial charge in [0.1, 0.15) is 0 Å². The molecule has 0 N–H and O–H groups in total. The molecule has 0 fully saturated rings. The number of hydrogen-bond acceptors (Lipinski definition) is 0. The van der Waals surface area contributed by atoms with Crippen molar-refractivity contribution in [2.45, 2.75) is 65.2 Å². The summed E-state index contributed by atoms with van der Waals surface area (Å²) in [7, 11) is 0. The van der Waals surface area contributed by atoms with Crippen molar-refractivity contribution in [3.8, 4) is 0 Å². The highest BCUT2D eigenvalue weighted by molar-refractivity contribution is 5.38. The van der Waals surface area contributed by atoms with E-state index in [9.17, 15) is 0 Å². The first kappa shape index (κ1) is 14.3. The maximum Gasteiger partial charge on any atom is -0.0132 e. The first-order chi connectivity index (χ1) is 7.51. The predicted octanol–water partition coefficient (Wildman–Crippen LogP) is 5.22. The van der Waals surface area contributed by atoms with Crippen LogP contribution in [0.2, 0.25) is 0 Å². The topological polar surface area (TPSA) is 0 Å². The third kappa shape index (κ3) is 3.59. The largest absolute Gasteiger partial charge is 0.0584 e. The lowest BCUT2D eigenvalue weighted by Crippen LogP contribution is -2.17. The second kappa shape index (κ2) is 4.48. The fourth-order valence-electron chi connectivity index (χ4n) is 1.80. The molecule has 0 amide bonds. The lowest BCUT2D eigenvalue weighted by Gasteiger charge is -2.27. The molecule has 0 aromatic heterocycles. The molecule has 0 bridgehead atoms. The molecule has 1 unspecified atom stereocenters. The Bertz CT molecular complexity index is 351. The highest BCUT2D eigenvalue weighted by Crippen LogP contribution is 2.32. The maximum absolute atomic E-state index is 4.16. The molecule has 0 aliphatic heterocycles. The molecule has 0 aliphatic rings. The van der Waals surface area contributed by atoms with Crippen LogP contribution >= 0.6 is 0 Å². The summed E-state index contributed by atoms with van der Waals surface area (Å²) in [5.74, 6) is 0.346. The zero-order valence-electron chi connectivity index (χ0n) is 12.5. The summed E-state index contributed by atoms with van der Waals surface area (Å²) in [6.07, 6.45) is 0. The van der Waals surface area contributed by atoms with Crippen LogP contribution in [0.4, 0.5) is 0 Å². The van der Waals surface area contributed by atoms with E-state index in [1.54, 1.807) is 0 Å². The van der Waals surface area contributed by atoms with Crippen molar-refractivity contribution in [3.63, 3.8) is 0 Å². The summed E-state index contributed by atoms with van der Waals surface area (Å²) in [5, 5.41) is 0. The predicted molar refractivity (Wildman–Crippen MR) is 77.6 cm³/mol. The van der Waals surface area contributed by atoms with Gasteiger partial charge in [0, 0.05) is 0 Å². The minimum atomic E-state index is 0.199. The summed E-state index contributed by atoms with van der Waals surface area (Å²) in [5.41, 5.74) is 4.57. The molecule has 1 radical (unpaired) electrons. The van der Waals surface area contributed by atoms with Crippen LogP contribution in [0.3, 0.4) is 0 Å². The summed E-state index contributed by atoms with van der Waals surface area (Å²) < 4.78 is 0. The van der Waals surface area contributed by atoms with Crippen molar-refractivity contribution < 1.29 is 0 Å². The zero-order valence-corrected chi connectivity index (χ0v) is 12.5. The van der Waals surface area contributed by atoms with Gasteiger partial charge in [0.25, 0.3) is 0 Å². The van der Waals surface area contributed by atoms with E-state index in [-0.39, 0.29) is 10.8 Å². The summed E-state index contributed by atoms with van der Waals surface area (Å²) in [6.45, 7) is 19.9. The molecule has 1 atom stereocenters. The van der Waals surface area contributed by atoms with Crippen LogP contribution in [0, 0.1) is 6.92 Å². The Balaban J connectivity index is 3.40. The van der Waals surface area contributed by atoms with Crippen molar-refractivity contribution in [1.29, 1.82) is 0 Å². The highest BCUT2D eigenvalue weighted by Gasteiger charge is 2.20. The van der Waals surface area contributed by atoms with E-state index >= 15 is 0 Å². The summed E-state index contributed by atoms with van der Waals surface area (Å²) in [4.78, 5) is 0. The molecule has 0 saturated carbocycles. The van der Waals surface area contributed by atoms with Crippen molar-refractivity contribution in [2.24, 2.45) is 0 Å². The highest BCUT2D eigenvalue weighted by atomic mass is 14.3. The van der Waals surface area contributed by atoms with Gasteiger partial charge >= 0.3 is 0 Å². The Kier molecular flexibility index (Phi) is 3.76. The van der Waals surface area contributed by atoms with Gasteiger partial charge in [-0.25, -0.2) is 0 Å². The van der Waals surface area contributed by atoms with E-state index < -0.39 is 0 Å². The van der Waals surface area contributed by atoms with E-state index in [2.05, 4.69) is 73.6 Å². The summed E-state index contributed by atoms with van der Waals surface area (Å²) in [6, 6.07) is 6.98. The Morgan fingerprint density at radius 1 is 0.824 bits per heavy atom. The number of rotatable bonds is 1. The standard InChI is InChI=1S/C17H27/c1-12(2)13-9-14(16(3,4)5)11-15(10-13)17(6,7)8/h9-12H,1H2,2-8H3. The van der Waals surface area contributed by atoms with Gasteiger partial charge < -0.3 is 0 Å². The molecule has 0 saturated heterocycles. The van der Waals surface area contributed by atoms with Gasteiger partial charge in [0.05, 0.1) is 0 Å². The van der Waals surface area contributed by atoms with Gasteiger partial charge in [-0.2, -0.15) is 0 Å². The Morgan fingerprint density at radius 2 is 1.18 bits per heavy atom. The molecule has 95 valence electrons. The molecule has 1 aromatic rings. The van der Waals surface area contributed by atoms with Crippen LogP contribution in [0.25, 0.3) is 0 Å². The van der Waals surface area contributed by atoms with Crippen molar-refractivity contribution in [3.05, 3.63) is 41.8 Å². The third-order valence-corrected chi connectivity index (χ3v) is 3.26. The van der Waals surface area contributed by atoms with Crippen molar-refractivity contribution in [2.75, 3.05) is 0 Å².